The summed E-state index contributed by atoms with van der Waals surface area (Å²) in [4.78, 5) is 8.50. The summed E-state index contributed by atoms with van der Waals surface area (Å²) in [6.07, 6.45) is -1.83. The second-order valence-electron chi connectivity index (χ2n) is 4.10. The monoisotopic (exact) mass is 294 g/mol. The van der Waals surface area contributed by atoms with E-state index in [9.17, 15) is 13.2 Å². The lowest BCUT2D eigenvalue weighted by atomic mass is 10.2. The van der Waals surface area contributed by atoms with Gasteiger partial charge in [0.1, 0.15) is 11.6 Å². The number of thioether (sulfide) groups is 1. The molecule has 0 saturated heterocycles. The average Bonchev–Trinajstić information content (AvgIpc) is 2.33. The van der Waals surface area contributed by atoms with Gasteiger partial charge in [-0.15, -0.1) is 0 Å². The van der Waals surface area contributed by atoms with Crippen molar-refractivity contribution >= 4 is 23.4 Å². The predicted molar refractivity (Wildman–Crippen MR) is 72.3 cm³/mol. The van der Waals surface area contributed by atoms with E-state index in [-0.39, 0.29) is 17.7 Å². The van der Waals surface area contributed by atoms with E-state index in [0.717, 1.165) is 12.2 Å². The topological polar surface area (TPSA) is 55.0 Å². The van der Waals surface area contributed by atoms with Gasteiger partial charge in [-0.05, 0) is 12.7 Å². The van der Waals surface area contributed by atoms with Gasteiger partial charge in [0.05, 0.1) is 0 Å². The summed E-state index contributed by atoms with van der Waals surface area (Å²) >= 11 is 1.63. The lowest BCUT2D eigenvalue weighted by molar-refractivity contribution is -0.144. The number of nitrogen functional groups attached to an aromatic ring is 1. The Balaban J connectivity index is 3.09. The molecule has 1 unspecified atom stereocenters. The van der Waals surface area contributed by atoms with Crippen molar-refractivity contribution in [1.82, 2.24) is 9.97 Å². The summed E-state index contributed by atoms with van der Waals surface area (Å²) in [6, 6.07) is 1.46. The van der Waals surface area contributed by atoms with Crippen molar-refractivity contribution < 1.29 is 13.2 Å². The van der Waals surface area contributed by atoms with Crippen LogP contribution in [-0.2, 0) is 6.18 Å². The highest BCUT2D eigenvalue weighted by Gasteiger charge is 2.35. The van der Waals surface area contributed by atoms with Gasteiger partial charge in [-0.3, -0.25) is 0 Å². The molecule has 0 spiro atoms. The third-order valence-electron chi connectivity index (χ3n) is 2.73. The van der Waals surface area contributed by atoms with Crippen LogP contribution in [0.25, 0.3) is 0 Å². The van der Waals surface area contributed by atoms with Crippen LogP contribution in [0.3, 0.4) is 0 Å². The van der Waals surface area contributed by atoms with Gasteiger partial charge in [-0.2, -0.15) is 24.9 Å². The van der Waals surface area contributed by atoms with Crippen LogP contribution in [0.15, 0.2) is 6.07 Å². The van der Waals surface area contributed by atoms with Gasteiger partial charge < -0.3 is 10.6 Å². The first-order valence-electron chi connectivity index (χ1n) is 5.73. The Morgan fingerprint density at radius 3 is 2.53 bits per heavy atom. The van der Waals surface area contributed by atoms with Crippen molar-refractivity contribution in [3.63, 3.8) is 0 Å². The van der Waals surface area contributed by atoms with E-state index in [2.05, 4.69) is 9.97 Å². The lowest BCUT2D eigenvalue weighted by Crippen LogP contribution is -2.34. The fourth-order valence-corrected chi connectivity index (χ4v) is 2.49. The van der Waals surface area contributed by atoms with Crippen molar-refractivity contribution in [2.75, 3.05) is 29.7 Å². The van der Waals surface area contributed by atoms with Gasteiger partial charge in [0, 0.05) is 24.9 Å². The molecule has 0 aliphatic carbocycles. The molecule has 1 heterocycles. The van der Waals surface area contributed by atoms with E-state index >= 15 is 0 Å². The van der Waals surface area contributed by atoms with Crippen molar-refractivity contribution in [3.8, 4) is 0 Å². The molecule has 108 valence electrons. The molecule has 8 heteroatoms. The molecule has 0 radical (unpaired) electrons. The maximum absolute atomic E-state index is 12.6. The van der Waals surface area contributed by atoms with E-state index in [1.807, 2.05) is 13.2 Å². The Kier molecular flexibility index (Phi) is 5.28. The zero-order chi connectivity index (χ0) is 14.6. The number of rotatable bonds is 5. The third kappa shape index (κ3) is 4.15. The van der Waals surface area contributed by atoms with E-state index in [0.29, 0.717) is 0 Å². The second-order valence-corrected chi connectivity index (χ2v) is 5.01. The second kappa shape index (κ2) is 6.31. The maximum Gasteiger partial charge on any atom is 0.451 e. The number of alkyl halides is 3. The van der Waals surface area contributed by atoms with Gasteiger partial charge in [-0.1, -0.05) is 6.92 Å². The molecule has 1 aromatic heterocycles. The Bertz CT molecular complexity index is 425. The first kappa shape index (κ1) is 15.9. The normalized spacial score (nSPS) is 13.4. The number of nitrogens with zero attached hydrogens (tertiary/aromatic N) is 3. The summed E-state index contributed by atoms with van der Waals surface area (Å²) in [5, 5.41) is 0. The Hall–Kier alpha value is -1.18. The average molecular weight is 294 g/mol. The molecule has 2 N–H and O–H groups in total. The van der Waals surface area contributed by atoms with Crippen molar-refractivity contribution in [2.24, 2.45) is 0 Å². The molecular weight excluding hydrogens is 277 g/mol. The quantitative estimate of drug-likeness (QED) is 0.905. The first-order valence-corrected chi connectivity index (χ1v) is 7.12. The minimum atomic E-state index is -4.59. The number of hydrogen-bond donors (Lipinski definition) is 1. The number of aromatic nitrogens is 2. The molecule has 0 amide bonds. The molecule has 1 aromatic rings. The van der Waals surface area contributed by atoms with Crippen molar-refractivity contribution in [3.05, 3.63) is 11.9 Å². The summed E-state index contributed by atoms with van der Waals surface area (Å²) in [6.45, 7) is 1.98. The van der Waals surface area contributed by atoms with E-state index in [4.69, 9.17) is 5.73 Å². The Labute approximate surface area is 114 Å². The van der Waals surface area contributed by atoms with E-state index in [1.165, 1.54) is 6.07 Å². The highest BCUT2D eigenvalue weighted by Crippen LogP contribution is 2.29. The zero-order valence-electron chi connectivity index (χ0n) is 11.0. The molecule has 0 saturated carbocycles. The minimum Gasteiger partial charge on any atom is -0.384 e. The highest BCUT2D eigenvalue weighted by atomic mass is 32.2. The smallest absolute Gasteiger partial charge is 0.384 e. The van der Waals surface area contributed by atoms with Gasteiger partial charge in [0.25, 0.3) is 0 Å². The Morgan fingerprint density at radius 2 is 2.05 bits per heavy atom. The molecule has 4 nitrogen and oxygen atoms in total. The molecule has 19 heavy (non-hydrogen) atoms. The molecule has 1 atom stereocenters. The van der Waals surface area contributed by atoms with Gasteiger partial charge >= 0.3 is 6.18 Å². The molecular formula is C11H17F3N4S. The van der Waals surface area contributed by atoms with Gasteiger partial charge in [0.2, 0.25) is 5.82 Å². The van der Waals surface area contributed by atoms with Crippen LogP contribution in [0, 0.1) is 0 Å². The van der Waals surface area contributed by atoms with Crippen molar-refractivity contribution in [1.29, 1.82) is 0 Å². The van der Waals surface area contributed by atoms with E-state index in [1.54, 1.807) is 23.7 Å². The van der Waals surface area contributed by atoms with Crippen LogP contribution in [0.4, 0.5) is 24.8 Å². The largest absolute Gasteiger partial charge is 0.451 e. The van der Waals surface area contributed by atoms with Gasteiger partial charge in [0.15, 0.2) is 0 Å². The molecule has 0 fully saturated rings. The third-order valence-corrected chi connectivity index (χ3v) is 3.44. The van der Waals surface area contributed by atoms with Crippen LogP contribution >= 0.6 is 11.8 Å². The summed E-state index contributed by atoms with van der Waals surface area (Å²) in [5.41, 5.74) is 5.43. The van der Waals surface area contributed by atoms with E-state index < -0.39 is 12.0 Å². The summed E-state index contributed by atoms with van der Waals surface area (Å²) in [7, 11) is 1.71. The number of hydrogen-bond acceptors (Lipinski definition) is 5. The highest BCUT2D eigenvalue weighted by molar-refractivity contribution is 7.98. The summed E-state index contributed by atoms with van der Waals surface area (Å²) in [5.74, 6) is -0.379. The Morgan fingerprint density at radius 1 is 1.42 bits per heavy atom. The fourth-order valence-electron chi connectivity index (χ4n) is 1.64. The molecule has 1 rings (SSSR count). The van der Waals surface area contributed by atoms with Crippen LogP contribution in [0.2, 0.25) is 0 Å². The number of halogens is 3. The molecule has 0 aliphatic rings. The minimum absolute atomic E-state index is 0.102. The van der Waals surface area contributed by atoms with Crippen LogP contribution in [0.1, 0.15) is 19.2 Å². The maximum atomic E-state index is 12.6. The molecule has 0 aliphatic heterocycles. The van der Waals surface area contributed by atoms with Crippen molar-refractivity contribution in [2.45, 2.75) is 25.6 Å². The van der Waals surface area contributed by atoms with Gasteiger partial charge in [-0.25, -0.2) is 9.97 Å². The number of anilines is 2. The predicted octanol–water partition coefficient (Wildman–Crippen LogP) is 2.66. The standard InChI is InChI=1S/C11H17F3N4S/c1-4-7(6-19-3)18(2)9-5-8(15)16-10(17-9)11(12,13)14/h5,7H,4,6H2,1-3H3,(H2,15,16,17). The molecule has 0 bridgehead atoms. The molecule has 0 aromatic carbocycles. The summed E-state index contributed by atoms with van der Waals surface area (Å²) < 4.78 is 37.9. The number of nitrogens with two attached hydrogens (primary N) is 1. The lowest BCUT2D eigenvalue weighted by Gasteiger charge is -2.28. The van der Waals surface area contributed by atoms with Crippen LogP contribution < -0.4 is 10.6 Å². The first-order chi connectivity index (χ1) is 8.79. The van der Waals surface area contributed by atoms with Crippen LogP contribution in [-0.4, -0.2) is 35.1 Å². The SMILES string of the molecule is CCC(CSC)N(C)c1cc(N)nc(C(F)(F)F)n1. The fraction of sp³-hybridized carbons (Fsp3) is 0.636. The zero-order valence-corrected chi connectivity index (χ0v) is 11.8. The van der Waals surface area contributed by atoms with Crippen LogP contribution in [0.5, 0.6) is 0 Å².